The van der Waals surface area contributed by atoms with Gasteiger partial charge in [-0.2, -0.15) is 0 Å². The number of hydrogen-bond donors (Lipinski definition) is 0. The van der Waals surface area contributed by atoms with Crippen molar-refractivity contribution in [1.29, 1.82) is 0 Å². The summed E-state index contributed by atoms with van der Waals surface area (Å²) in [5, 5.41) is 1.37. The molecule has 1 aromatic carbocycles. The van der Waals surface area contributed by atoms with Gasteiger partial charge in [-0.15, -0.1) is 6.58 Å². The molecule has 13 heavy (non-hydrogen) atoms. The molecule has 0 aliphatic rings. The Morgan fingerprint density at radius 3 is 2.54 bits per heavy atom. The Hall–Kier alpha value is -0.646. The van der Waals surface area contributed by atoms with Crippen LogP contribution >= 0.6 is 0 Å². The smallest absolute Gasteiger partial charge is 0.212 e. The van der Waals surface area contributed by atoms with E-state index in [-0.39, 0.29) is 0 Å². The first-order chi connectivity index (χ1) is 6.23. The van der Waals surface area contributed by atoms with E-state index in [1.807, 2.05) is 12.1 Å². The van der Waals surface area contributed by atoms with Gasteiger partial charge in [0.15, 0.2) is 0 Å². The molecule has 0 amide bonds. The lowest BCUT2D eigenvalue weighted by Gasteiger charge is -2.24. The predicted molar refractivity (Wildman–Crippen MR) is 63.7 cm³/mol. The van der Waals surface area contributed by atoms with Gasteiger partial charge in [0.25, 0.3) is 0 Å². The Kier molecular flexibility index (Phi) is 3.65. The van der Waals surface area contributed by atoms with E-state index in [0.29, 0.717) is 0 Å². The molecule has 70 valence electrons. The second-order valence-electron chi connectivity index (χ2n) is 3.29. The van der Waals surface area contributed by atoms with E-state index in [9.17, 15) is 0 Å². The standard InChI is InChI=1S/C10H16OSi2/c1-3-9-13(2,11-12)10-7-5-4-6-8-10/h3-8H,1,9H2,2,12H3. The van der Waals surface area contributed by atoms with Crippen LogP contribution in [0.1, 0.15) is 0 Å². The molecule has 0 radical (unpaired) electrons. The summed E-state index contributed by atoms with van der Waals surface area (Å²) in [4.78, 5) is 0. The lowest BCUT2D eigenvalue weighted by molar-refractivity contribution is 0.622. The molecular formula is C10H16OSi2. The molecule has 1 unspecified atom stereocenters. The minimum absolute atomic E-state index is 0.810. The molecule has 0 aliphatic heterocycles. The van der Waals surface area contributed by atoms with Crippen molar-refractivity contribution >= 4 is 24.0 Å². The van der Waals surface area contributed by atoms with Crippen molar-refractivity contribution in [3.8, 4) is 0 Å². The third-order valence-corrected chi connectivity index (χ3v) is 8.60. The van der Waals surface area contributed by atoms with Crippen molar-refractivity contribution in [3.63, 3.8) is 0 Å². The van der Waals surface area contributed by atoms with E-state index in [1.165, 1.54) is 5.19 Å². The second-order valence-corrected chi connectivity index (χ2v) is 8.37. The molecule has 1 aromatic rings. The van der Waals surface area contributed by atoms with Crippen molar-refractivity contribution in [2.75, 3.05) is 0 Å². The van der Waals surface area contributed by atoms with Crippen molar-refractivity contribution in [2.45, 2.75) is 12.6 Å². The first-order valence-electron chi connectivity index (χ1n) is 4.44. The zero-order valence-electron chi connectivity index (χ0n) is 8.29. The molecule has 1 atom stereocenters. The average molecular weight is 208 g/mol. The van der Waals surface area contributed by atoms with Crippen LogP contribution < -0.4 is 5.19 Å². The van der Waals surface area contributed by atoms with Crippen molar-refractivity contribution in [2.24, 2.45) is 0 Å². The van der Waals surface area contributed by atoms with Gasteiger partial charge in [-0.05, 0) is 17.8 Å². The Balaban J connectivity index is 2.95. The molecule has 0 bridgehead atoms. The third-order valence-electron chi connectivity index (χ3n) is 2.37. The lowest BCUT2D eigenvalue weighted by Crippen LogP contribution is -2.46. The van der Waals surface area contributed by atoms with Crippen LogP contribution in [-0.2, 0) is 4.12 Å². The first kappa shape index (κ1) is 10.4. The Bertz CT molecular complexity index is 274. The fraction of sp³-hybridized carbons (Fsp3) is 0.200. The van der Waals surface area contributed by atoms with Gasteiger partial charge >= 0.3 is 0 Å². The minimum Gasteiger partial charge on any atom is -0.460 e. The summed E-state index contributed by atoms with van der Waals surface area (Å²) in [6.45, 7) is 6.04. The monoisotopic (exact) mass is 208 g/mol. The second kappa shape index (κ2) is 4.55. The van der Waals surface area contributed by atoms with Crippen LogP contribution in [0.3, 0.4) is 0 Å². The van der Waals surface area contributed by atoms with E-state index >= 15 is 0 Å². The Labute approximate surface area is 84.1 Å². The maximum atomic E-state index is 5.77. The number of benzene rings is 1. The van der Waals surface area contributed by atoms with Gasteiger partial charge in [-0.25, -0.2) is 0 Å². The predicted octanol–water partition coefficient (Wildman–Crippen LogP) is 0.952. The quantitative estimate of drug-likeness (QED) is 0.529. The molecule has 0 heterocycles. The highest BCUT2D eigenvalue weighted by atomic mass is 28.4. The highest BCUT2D eigenvalue weighted by Crippen LogP contribution is 2.10. The zero-order valence-corrected chi connectivity index (χ0v) is 11.3. The first-order valence-corrected chi connectivity index (χ1v) is 7.87. The van der Waals surface area contributed by atoms with Crippen LogP contribution in [0.15, 0.2) is 43.0 Å². The van der Waals surface area contributed by atoms with Gasteiger partial charge in [-0.3, -0.25) is 0 Å². The Morgan fingerprint density at radius 2 is 2.08 bits per heavy atom. The fourth-order valence-corrected chi connectivity index (χ4v) is 4.68. The highest BCUT2D eigenvalue weighted by Gasteiger charge is 2.27. The molecular weight excluding hydrogens is 192 g/mol. The number of allylic oxidation sites excluding steroid dienone is 1. The Morgan fingerprint density at radius 1 is 1.46 bits per heavy atom. The maximum Gasteiger partial charge on any atom is 0.212 e. The van der Waals surface area contributed by atoms with Crippen LogP contribution in [0.4, 0.5) is 0 Å². The van der Waals surface area contributed by atoms with Gasteiger partial charge in [-0.1, -0.05) is 36.4 Å². The molecule has 0 aromatic heterocycles. The summed E-state index contributed by atoms with van der Waals surface area (Å²) in [7, 11) is -0.846. The lowest BCUT2D eigenvalue weighted by atomic mass is 10.4. The molecule has 0 aliphatic carbocycles. The molecule has 0 N–H and O–H groups in total. The highest BCUT2D eigenvalue weighted by molar-refractivity contribution is 6.87. The van der Waals surface area contributed by atoms with Crippen LogP contribution in [0.5, 0.6) is 0 Å². The molecule has 0 spiro atoms. The molecule has 1 rings (SSSR count). The van der Waals surface area contributed by atoms with E-state index in [4.69, 9.17) is 4.12 Å². The molecule has 0 saturated carbocycles. The molecule has 0 fully saturated rings. The van der Waals surface area contributed by atoms with Crippen molar-refractivity contribution in [3.05, 3.63) is 43.0 Å². The number of rotatable bonds is 4. The van der Waals surface area contributed by atoms with Crippen LogP contribution in [0.2, 0.25) is 12.6 Å². The minimum atomic E-state index is -1.66. The van der Waals surface area contributed by atoms with Gasteiger partial charge in [0.1, 0.15) is 10.5 Å². The SMILES string of the molecule is C=CC[Si](C)(O[SiH3])c1ccccc1. The molecule has 3 heteroatoms. The summed E-state index contributed by atoms with van der Waals surface area (Å²) >= 11 is 0. The van der Waals surface area contributed by atoms with E-state index in [2.05, 4.69) is 37.4 Å². The van der Waals surface area contributed by atoms with Gasteiger partial charge in [0.05, 0.1) is 0 Å². The topological polar surface area (TPSA) is 9.23 Å². The van der Waals surface area contributed by atoms with Crippen LogP contribution in [0.25, 0.3) is 0 Å². The van der Waals surface area contributed by atoms with E-state index < -0.39 is 8.32 Å². The summed E-state index contributed by atoms with van der Waals surface area (Å²) in [5.41, 5.74) is 0. The van der Waals surface area contributed by atoms with Crippen molar-refractivity contribution < 1.29 is 4.12 Å². The van der Waals surface area contributed by atoms with E-state index in [0.717, 1.165) is 16.5 Å². The largest absolute Gasteiger partial charge is 0.460 e. The summed E-state index contributed by atoms with van der Waals surface area (Å²) < 4.78 is 5.77. The molecule has 1 nitrogen and oxygen atoms in total. The van der Waals surface area contributed by atoms with Gasteiger partial charge in [0, 0.05) is 0 Å². The van der Waals surface area contributed by atoms with E-state index in [1.54, 1.807) is 0 Å². The normalized spacial score (nSPS) is 15.2. The zero-order chi connectivity index (χ0) is 9.73. The van der Waals surface area contributed by atoms with Gasteiger partial charge < -0.3 is 4.12 Å². The average Bonchev–Trinajstić information content (AvgIpc) is 2.19. The molecule has 0 saturated heterocycles. The fourth-order valence-electron chi connectivity index (χ4n) is 1.39. The summed E-state index contributed by atoms with van der Waals surface area (Å²) in [6, 6.07) is 11.5. The van der Waals surface area contributed by atoms with Crippen LogP contribution in [-0.4, -0.2) is 18.8 Å². The maximum absolute atomic E-state index is 5.77. The third kappa shape index (κ3) is 2.40. The number of hydrogen-bond acceptors (Lipinski definition) is 1. The van der Waals surface area contributed by atoms with Crippen molar-refractivity contribution in [1.82, 2.24) is 0 Å². The van der Waals surface area contributed by atoms with Crippen LogP contribution in [0, 0.1) is 0 Å². The summed E-state index contributed by atoms with van der Waals surface area (Å²) in [5.74, 6) is 0. The van der Waals surface area contributed by atoms with Gasteiger partial charge in [0.2, 0.25) is 8.32 Å². The summed E-state index contributed by atoms with van der Waals surface area (Å²) in [6.07, 6.45) is 1.97.